The SMILES string of the molecule is Cc1cc(-c2ccc3c(c2)c2ccccc2n3-c2ccccc2)ccc1N(c1ccccc1)c1ccc(-n2c3ccccc3c3ccccc32)cc1. The van der Waals surface area contributed by atoms with Crippen LogP contribution in [0.15, 0.2) is 194 Å². The monoisotopic (exact) mass is 665 g/mol. The van der Waals surface area contributed by atoms with Crippen LogP contribution in [0.1, 0.15) is 5.56 Å². The lowest BCUT2D eigenvalue weighted by atomic mass is 9.99. The fourth-order valence-corrected chi connectivity index (χ4v) is 8.05. The lowest BCUT2D eigenvalue weighted by molar-refractivity contribution is 1.17. The Morgan fingerprint density at radius 1 is 0.346 bits per heavy atom. The van der Waals surface area contributed by atoms with E-state index in [4.69, 9.17) is 0 Å². The van der Waals surface area contributed by atoms with Crippen molar-refractivity contribution in [3.8, 4) is 22.5 Å². The van der Waals surface area contributed by atoms with E-state index in [0.717, 1.165) is 22.7 Å². The third kappa shape index (κ3) is 4.82. The molecule has 0 unspecified atom stereocenters. The second-order valence-corrected chi connectivity index (χ2v) is 13.5. The Balaban J connectivity index is 1.06. The van der Waals surface area contributed by atoms with Crippen LogP contribution in [0, 0.1) is 6.92 Å². The summed E-state index contributed by atoms with van der Waals surface area (Å²) in [5, 5.41) is 5.05. The number of anilines is 3. The van der Waals surface area contributed by atoms with Gasteiger partial charge in [-0.15, -0.1) is 0 Å². The summed E-state index contributed by atoms with van der Waals surface area (Å²) in [6, 6.07) is 70.1. The summed E-state index contributed by atoms with van der Waals surface area (Å²) in [6.07, 6.45) is 0. The van der Waals surface area contributed by atoms with Gasteiger partial charge in [0.1, 0.15) is 0 Å². The van der Waals surface area contributed by atoms with Crippen LogP contribution < -0.4 is 4.90 Å². The first-order valence-corrected chi connectivity index (χ1v) is 17.9. The van der Waals surface area contributed by atoms with E-state index in [0.29, 0.717) is 0 Å². The minimum atomic E-state index is 1.11. The van der Waals surface area contributed by atoms with Gasteiger partial charge in [0.15, 0.2) is 0 Å². The maximum absolute atomic E-state index is 2.37. The van der Waals surface area contributed by atoms with Crippen LogP contribution in [0.3, 0.4) is 0 Å². The Bertz CT molecular complexity index is 2840. The summed E-state index contributed by atoms with van der Waals surface area (Å²) in [4.78, 5) is 2.37. The second-order valence-electron chi connectivity index (χ2n) is 13.5. The Morgan fingerprint density at radius 3 is 1.38 bits per heavy atom. The fourth-order valence-electron chi connectivity index (χ4n) is 8.05. The number of hydrogen-bond acceptors (Lipinski definition) is 1. The molecule has 0 radical (unpaired) electrons. The van der Waals surface area contributed by atoms with Crippen molar-refractivity contribution in [1.82, 2.24) is 9.13 Å². The zero-order valence-corrected chi connectivity index (χ0v) is 28.8. The molecule has 52 heavy (non-hydrogen) atoms. The largest absolute Gasteiger partial charge is 0.310 e. The van der Waals surface area contributed by atoms with E-state index in [9.17, 15) is 0 Å². The van der Waals surface area contributed by atoms with Crippen LogP contribution in [0.2, 0.25) is 0 Å². The first-order valence-electron chi connectivity index (χ1n) is 17.9. The summed E-state index contributed by atoms with van der Waals surface area (Å²) < 4.78 is 4.74. The quantitative estimate of drug-likeness (QED) is 0.172. The van der Waals surface area contributed by atoms with Crippen molar-refractivity contribution in [2.75, 3.05) is 4.90 Å². The predicted octanol–water partition coefficient (Wildman–Crippen LogP) is 13.3. The molecule has 2 heterocycles. The van der Waals surface area contributed by atoms with E-state index in [1.807, 2.05) is 0 Å². The molecule has 0 amide bonds. The minimum absolute atomic E-state index is 1.11. The molecule has 0 aliphatic heterocycles. The highest BCUT2D eigenvalue weighted by atomic mass is 15.1. The normalized spacial score (nSPS) is 11.6. The topological polar surface area (TPSA) is 13.1 Å². The molecular formula is C49H35N3. The Hall–Kier alpha value is -6.84. The van der Waals surface area contributed by atoms with Crippen molar-refractivity contribution in [3.63, 3.8) is 0 Å². The molecule has 0 saturated heterocycles. The Labute approximate surface area is 302 Å². The molecule has 0 bridgehead atoms. The Morgan fingerprint density at radius 2 is 0.788 bits per heavy atom. The van der Waals surface area contributed by atoms with Crippen LogP contribution in [-0.2, 0) is 0 Å². The summed E-state index contributed by atoms with van der Waals surface area (Å²) >= 11 is 0. The van der Waals surface area contributed by atoms with Gasteiger partial charge in [-0.05, 0) is 115 Å². The van der Waals surface area contributed by atoms with E-state index in [1.54, 1.807) is 0 Å². The number of aromatic nitrogens is 2. The highest BCUT2D eigenvalue weighted by molar-refractivity contribution is 6.11. The molecule has 0 atom stereocenters. The Kier molecular flexibility index (Phi) is 7.04. The molecule has 0 fully saturated rings. The molecule has 3 heteroatoms. The first kappa shape index (κ1) is 30.0. The average molecular weight is 666 g/mol. The smallest absolute Gasteiger partial charge is 0.0541 e. The predicted molar refractivity (Wildman–Crippen MR) is 220 cm³/mol. The highest BCUT2D eigenvalue weighted by Crippen LogP contribution is 2.40. The summed E-state index contributed by atoms with van der Waals surface area (Å²) in [7, 11) is 0. The molecule has 10 rings (SSSR count). The van der Waals surface area contributed by atoms with Crippen LogP contribution in [0.25, 0.3) is 66.1 Å². The van der Waals surface area contributed by atoms with Gasteiger partial charge in [0.25, 0.3) is 0 Å². The lowest BCUT2D eigenvalue weighted by Crippen LogP contribution is -2.11. The van der Waals surface area contributed by atoms with Gasteiger partial charge in [-0.3, -0.25) is 0 Å². The second kappa shape index (κ2) is 12.2. The number of rotatable bonds is 6. The number of hydrogen-bond donors (Lipinski definition) is 0. The molecule has 3 nitrogen and oxygen atoms in total. The number of aryl methyl sites for hydroxylation is 1. The van der Waals surface area contributed by atoms with Gasteiger partial charge in [0, 0.05) is 50.0 Å². The average Bonchev–Trinajstić information content (AvgIpc) is 3.72. The summed E-state index contributed by atoms with van der Waals surface area (Å²) in [5.74, 6) is 0. The van der Waals surface area contributed by atoms with Gasteiger partial charge < -0.3 is 14.0 Å². The highest BCUT2D eigenvalue weighted by Gasteiger charge is 2.18. The fraction of sp³-hybridized carbons (Fsp3) is 0.0204. The molecular weight excluding hydrogens is 631 g/mol. The summed E-state index contributed by atoms with van der Waals surface area (Å²) in [5.41, 5.74) is 14.2. The van der Waals surface area contributed by atoms with E-state index >= 15 is 0 Å². The van der Waals surface area contributed by atoms with Gasteiger partial charge in [0.2, 0.25) is 0 Å². The zero-order valence-electron chi connectivity index (χ0n) is 28.8. The van der Waals surface area contributed by atoms with Crippen LogP contribution >= 0.6 is 0 Å². The molecule has 8 aromatic carbocycles. The zero-order chi connectivity index (χ0) is 34.6. The molecule has 0 aliphatic rings. The number of fused-ring (bicyclic) bond motifs is 6. The number of nitrogens with zero attached hydrogens (tertiary/aromatic N) is 3. The molecule has 0 aliphatic carbocycles. The third-order valence-corrected chi connectivity index (χ3v) is 10.4. The van der Waals surface area contributed by atoms with Crippen LogP contribution in [0.4, 0.5) is 17.1 Å². The molecule has 0 spiro atoms. The van der Waals surface area contributed by atoms with E-state index in [1.165, 1.54) is 66.0 Å². The van der Waals surface area contributed by atoms with Crippen molar-refractivity contribution in [1.29, 1.82) is 0 Å². The molecule has 10 aromatic rings. The maximum Gasteiger partial charge on any atom is 0.0541 e. The van der Waals surface area contributed by atoms with Crippen molar-refractivity contribution >= 4 is 60.7 Å². The molecule has 0 N–H and O–H groups in total. The van der Waals surface area contributed by atoms with Gasteiger partial charge in [-0.25, -0.2) is 0 Å². The van der Waals surface area contributed by atoms with Gasteiger partial charge >= 0.3 is 0 Å². The van der Waals surface area contributed by atoms with Gasteiger partial charge in [-0.1, -0.05) is 103 Å². The van der Waals surface area contributed by atoms with E-state index in [2.05, 4.69) is 215 Å². The number of para-hydroxylation sites is 5. The van der Waals surface area contributed by atoms with E-state index < -0.39 is 0 Å². The lowest BCUT2D eigenvalue weighted by Gasteiger charge is -2.27. The van der Waals surface area contributed by atoms with Gasteiger partial charge in [0.05, 0.1) is 22.1 Å². The molecule has 0 saturated carbocycles. The standard InChI is InChI=1S/C49H35N3/c1-34-32-35(36-25-31-49-44(33-36)43-20-10-13-23-48(43)51(49)38-16-6-3-7-17-38)24-30-45(34)50(37-14-4-2-5-15-37)39-26-28-40(29-27-39)52-46-21-11-8-18-41(46)42-19-9-12-22-47(42)52/h2-33H,1H3. The van der Waals surface area contributed by atoms with Crippen molar-refractivity contribution in [2.24, 2.45) is 0 Å². The molecule has 246 valence electrons. The molecule has 2 aromatic heterocycles. The minimum Gasteiger partial charge on any atom is -0.310 e. The van der Waals surface area contributed by atoms with Crippen molar-refractivity contribution < 1.29 is 0 Å². The number of benzene rings is 8. The first-order chi connectivity index (χ1) is 25.7. The van der Waals surface area contributed by atoms with Crippen molar-refractivity contribution in [2.45, 2.75) is 6.92 Å². The maximum atomic E-state index is 2.37. The van der Waals surface area contributed by atoms with Crippen LogP contribution in [-0.4, -0.2) is 9.13 Å². The van der Waals surface area contributed by atoms with Crippen LogP contribution in [0.5, 0.6) is 0 Å². The third-order valence-electron chi connectivity index (χ3n) is 10.4. The summed E-state index contributed by atoms with van der Waals surface area (Å²) in [6.45, 7) is 2.22. The van der Waals surface area contributed by atoms with Crippen molar-refractivity contribution in [3.05, 3.63) is 200 Å². The van der Waals surface area contributed by atoms with Gasteiger partial charge in [-0.2, -0.15) is 0 Å². The van der Waals surface area contributed by atoms with E-state index in [-0.39, 0.29) is 0 Å².